The molecule has 7 nitrogen and oxygen atoms in total. The first-order valence-corrected chi connectivity index (χ1v) is 8.28. The Balaban J connectivity index is 3.04. The van der Waals surface area contributed by atoms with E-state index < -0.39 is 27.4 Å². The van der Waals surface area contributed by atoms with E-state index >= 15 is 0 Å². The van der Waals surface area contributed by atoms with Gasteiger partial charge in [0.25, 0.3) is 0 Å². The summed E-state index contributed by atoms with van der Waals surface area (Å²) in [6, 6.07) is 0. The number of ether oxygens (including phenoxy) is 2. The Bertz CT molecular complexity index is 635. The van der Waals surface area contributed by atoms with Crippen molar-refractivity contribution in [3.05, 3.63) is 11.2 Å². The van der Waals surface area contributed by atoms with Gasteiger partial charge < -0.3 is 9.47 Å². The lowest BCUT2D eigenvalue weighted by Crippen LogP contribution is -2.22. The molecular weight excluding hydrogens is 304 g/mol. The smallest absolute Gasteiger partial charge is 0.442 e. The van der Waals surface area contributed by atoms with Gasteiger partial charge in [0.1, 0.15) is 9.81 Å². The zero-order valence-electron chi connectivity index (χ0n) is 11.8. The molecule has 0 saturated heterocycles. The Kier molecular flexibility index (Phi) is 4.87. The van der Waals surface area contributed by atoms with Gasteiger partial charge in [0.05, 0.1) is 23.0 Å². The third kappa shape index (κ3) is 4.57. The first-order chi connectivity index (χ1) is 9.05. The summed E-state index contributed by atoms with van der Waals surface area (Å²) < 4.78 is 25.6. The molecule has 1 atom stereocenters. The van der Waals surface area contributed by atoms with Crippen LogP contribution in [0.15, 0.2) is 14.8 Å². The second kappa shape index (κ2) is 5.88. The number of carbonyl (C=O) groups is 2. The quantitative estimate of drug-likeness (QED) is 0.776. The Labute approximate surface area is 121 Å². The molecule has 1 aromatic rings. The van der Waals surface area contributed by atoms with Gasteiger partial charge in [-0.05, 0) is 20.8 Å². The van der Waals surface area contributed by atoms with E-state index in [1.807, 2.05) is 0 Å². The summed E-state index contributed by atoms with van der Waals surface area (Å²) in [7, 11) is -1.78. The van der Waals surface area contributed by atoms with Gasteiger partial charge in [-0.25, -0.2) is 18.8 Å². The zero-order chi connectivity index (χ0) is 15.6. The van der Waals surface area contributed by atoms with E-state index in [2.05, 4.69) is 14.1 Å². The molecule has 0 saturated carbocycles. The van der Waals surface area contributed by atoms with Crippen LogP contribution >= 0.6 is 11.3 Å². The number of aromatic nitrogens is 1. The molecule has 20 heavy (non-hydrogen) atoms. The van der Waals surface area contributed by atoms with E-state index in [-0.39, 0.29) is 9.22 Å². The van der Waals surface area contributed by atoms with Gasteiger partial charge >= 0.3 is 12.1 Å². The van der Waals surface area contributed by atoms with Crippen molar-refractivity contribution in [3.63, 3.8) is 0 Å². The molecule has 0 spiro atoms. The van der Waals surface area contributed by atoms with E-state index in [0.717, 1.165) is 11.3 Å². The van der Waals surface area contributed by atoms with Crippen molar-refractivity contribution in [3.8, 4) is 0 Å². The number of hydrogen-bond donors (Lipinski definition) is 0. The van der Waals surface area contributed by atoms with Crippen molar-refractivity contribution in [1.82, 2.24) is 4.98 Å². The van der Waals surface area contributed by atoms with Crippen LogP contribution < -0.4 is 0 Å². The molecule has 0 aliphatic heterocycles. The fraction of sp³-hybridized carbons (Fsp3) is 0.545. The van der Waals surface area contributed by atoms with Crippen LogP contribution in [0.1, 0.15) is 30.6 Å². The highest BCUT2D eigenvalue weighted by atomic mass is 32.2. The average Bonchev–Trinajstić information content (AvgIpc) is 2.74. The minimum Gasteiger partial charge on any atom is -0.464 e. The number of nitrogens with zero attached hydrogens (tertiary/aromatic N) is 2. The van der Waals surface area contributed by atoms with Crippen LogP contribution in [0, 0.1) is 0 Å². The maximum Gasteiger partial charge on any atom is 0.442 e. The second-order valence-electron chi connectivity index (χ2n) is 4.85. The third-order valence-corrected chi connectivity index (χ3v) is 5.16. The van der Waals surface area contributed by atoms with E-state index in [1.54, 1.807) is 20.8 Å². The number of esters is 1. The lowest BCUT2D eigenvalue weighted by atomic mass is 10.2. The van der Waals surface area contributed by atoms with Gasteiger partial charge in [0.15, 0.2) is 0 Å². The van der Waals surface area contributed by atoms with Crippen LogP contribution in [-0.4, -0.2) is 40.2 Å². The molecule has 0 aliphatic rings. The molecule has 1 amide bonds. The predicted molar refractivity (Wildman–Crippen MR) is 74.4 cm³/mol. The molecule has 1 aromatic heterocycles. The van der Waals surface area contributed by atoms with Crippen molar-refractivity contribution in [2.45, 2.75) is 30.6 Å². The minimum atomic E-state index is -3.00. The first-order valence-electron chi connectivity index (χ1n) is 5.54. The highest BCUT2D eigenvalue weighted by Crippen LogP contribution is 2.21. The lowest BCUT2D eigenvalue weighted by molar-refractivity contribution is 0.0593. The van der Waals surface area contributed by atoms with E-state index in [4.69, 9.17) is 4.74 Å². The van der Waals surface area contributed by atoms with Gasteiger partial charge in [0, 0.05) is 6.26 Å². The maximum absolute atomic E-state index is 12.4. The van der Waals surface area contributed by atoms with Crippen LogP contribution in [0.4, 0.5) is 4.79 Å². The molecule has 0 N–H and O–H groups in total. The predicted octanol–water partition coefficient (Wildman–Crippen LogP) is 2.32. The van der Waals surface area contributed by atoms with Gasteiger partial charge in [-0.15, -0.1) is 4.36 Å². The summed E-state index contributed by atoms with van der Waals surface area (Å²) in [6.07, 6.45) is 1.61. The standard InChI is InChI=1S/C11H16N2O5S2/c1-11(2,3)18-10(15)13-20(5,16)7-6-12-8(19-7)9(14)17-4/h6H,1-5H3. The Morgan fingerprint density at radius 2 is 2.00 bits per heavy atom. The van der Waals surface area contributed by atoms with Crippen LogP contribution in [0.2, 0.25) is 0 Å². The highest BCUT2D eigenvalue weighted by Gasteiger charge is 2.20. The molecule has 0 fully saturated rings. The Morgan fingerprint density at radius 1 is 1.40 bits per heavy atom. The zero-order valence-corrected chi connectivity index (χ0v) is 13.5. The van der Waals surface area contributed by atoms with Crippen molar-refractivity contribution in [2.24, 2.45) is 4.36 Å². The molecule has 0 aromatic carbocycles. The van der Waals surface area contributed by atoms with E-state index in [1.165, 1.54) is 19.6 Å². The van der Waals surface area contributed by atoms with Gasteiger partial charge in [-0.3, -0.25) is 0 Å². The van der Waals surface area contributed by atoms with Gasteiger partial charge in [0.2, 0.25) is 5.01 Å². The van der Waals surface area contributed by atoms with Gasteiger partial charge in [-0.2, -0.15) is 0 Å². The third-order valence-electron chi connectivity index (χ3n) is 1.86. The van der Waals surface area contributed by atoms with Crippen LogP contribution in [-0.2, 0) is 19.2 Å². The van der Waals surface area contributed by atoms with Crippen molar-refractivity contribution >= 4 is 33.1 Å². The summed E-state index contributed by atoms with van der Waals surface area (Å²) in [5, 5.41) is 0.0523. The van der Waals surface area contributed by atoms with Crippen molar-refractivity contribution in [1.29, 1.82) is 0 Å². The Hall–Kier alpha value is -1.48. The molecule has 0 bridgehead atoms. The number of rotatable bonds is 2. The topological polar surface area (TPSA) is 94.9 Å². The second-order valence-corrected chi connectivity index (χ2v) is 8.37. The van der Waals surface area contributed by atoms with E-state index in [0.29, 0.717) is 0 Å². The molecule has 1 rings (SSSR count). The summed E-state index contributed by atoms with van der Waals surface area (Å²) in [4.78, 5) is 26.6. The monoisotopic (exact) mass is 320 g/mol. The van der Waals surface area contributed by atoms with Gasteiger partial charge in [-0.1, -0.05) is 11.3 Å². The normalized spacial score (nSPS) is 14.2. The number of amides is 1. The molecule has 9 heteroatoms. The average molecular weight is 320 g/mol. The van der Waals surface area contributed by atoms with Crippen LogP contribution in [0.3, 0.4) is 0 Å². The lowest BCUT2D eigenvalue weighted by Gasteiger charge is -2.17. The largest absolute Gasteiger partial charge is 0.464 e. The summed E-state index contributed by atoms with van der Waals surface area (Å²) >= 11 is 0.870. The van der Waals surface area contributed by atoms with Crippen LogP contribution in [0.25, 0.3) is 0 Å². The maximum atomic E-state index is 12.4. The first kappa shape index (κ1) is 16.6. The fourth-order valence-electron chi connectivity index (χ4n) is 1.08. The Morgan fingerprint density at radius 3 is 2.50 bits per heavy atom. The molecule has 112 valence electrons. The number of hydrogen-bond acceptors (Lipinski definition) is 7. The summed E-state index contributed by atoms with van der Waals surface area (Å²) in [5.74, 6) is -0.631. The van der Waals surface area contributed by atoms with Crippen molar-refractivity contribution in [2.75, 3.05) is 13.4 Å². The molecule has 1 heterocycles. The number of methoxy groups -OCH3 is 1. The van der Waals surface area contributed by atoms with Crippen molar-refractivity contribution < 1.29 is 23.3 Å². The number of thiazole rings is 1. The molecule has 0 aliphatic carbocycles. The molecular formula is C11H16N2O5S2. The highest BCUT2D eigenvalue weighted by molar-refractivity contribution is 7.95. The number of carbonyl (C=O) groups excluding carboxylic acids is 2. The summed E-state index contributed by atoms with van der Waals surface area (Å²) in [5.41, 5.74) is -0.721. The minimum absolute atomic E-state index is 0.0523. The van der Waals surface area contributed by atoms with Crippen LogP contribution in [0.5, 0.6) is 0 Å². The SMILES string of the molecule is COC(=O)c1ncc(S(C)(=O)=NC(=O)OC(C)(C)C)s1. The molecule has 1 unspecified atom stereocenters. The van der Waals surface area contributed by atoms with E-state index in [9.17, 15) is 13.8 Å². The fourth-order valence-corrected chi connectivity index (χ4v) is 3.28. The summed E-state index contributed by atoms with van der Waals surface area (Å²) in [6.45, 7) is 5.04. The molecule has 0 radical (unpaired) electrons.